The van der Waals surface area contributed by atoms with E-state index in [1.807, 2.05) is 19.9 Å². The van der Waals surface area contributed by atoms with Gasteiger partial charge in [0.05, 0.1) is 5.56 Å². The maximum Gasteiger partial charge on any atom is 0.260 e. The van der Waals surface area contributed by atoms with Gasteiger partial charge in [0.2, 0.25) is 0 Å². The number of aryl methyl sites for hydroxylation is 2. The molecule has 2 rings (SSSR count). The molecule has 0 aliphatic rings. The van der Waals surface area contributed by atoms with Gasteiger partial charge < -0.3 is 11.1 Å². The molecule has 18 heavy (non-hydrogen) atoms. The summed E-state index contributed by atoms with van der Waals surface area (Å²) in [6, 6.07) is 5.33. The second kappa shape index (κ2) is 4.83. The van der Waals surface area contributed by atoms with E-state index in [1.165, 1.54) is 6.20 Å². The molecule has 2 heterocycles. The summed E-state index contributed by atoms with van der Waals surface area (Å²) in [4.78, 5) is 20.1. The smallest absolute Gasteiger partial charge is 0.260 e. The molecular weight excluding hydrogens is 228 g/mol. The highest BCUT2D eigenvalue weighted by Crippen LogP contribution is 2.13. The normalized spacial score (nSPS) is 10.1. The predicted molar refractivity (Wildman–Crippen MR) is 70.3 cm³/mol. The molecule has 5 nitrogen and oxygen atoms in total. The molecule has 1 amide bonds. The van der Waals surface area contributed by atoms with Crippen LogP contribution in [-0.2, 0) is 0 Å². The lowest BCUT2D eigenvalue weighted by Crippen LogP contribution is -2.15. The van der Waals surface area contributed by atoms with Crippen molar-refractivity contribution in [3.63, 3.8) is 0 Å². The molecule has 0 unspecified atom stereocenters. The summed E-state index contributed by atoms with van der Waals surface area (Å²) in [5.74, 6) is 0.207. The number of carbonyl (C=O) groups excluding carboxylic acids is 1. The number of aromatic nitrogens is 2. The average molecular weight is 242 g/mol. The van der Waals surface area contributed by atoms with Crippen LogP contribution in [-0.4, -0.2) is 15.9 Å². The van der Waals surface area contributed by atoms with E-state index in [0.717, 1.165) is 11.3 Å². The molecule has 2 aromatic heterocycles. The number of pyridine rings is 2. The minimum atomic E-state index is -0.307. The Morgan fingerprint density at radius 3 is 2.78 bits per heavy atom. The van der Waals surface area contributed by atoms with Crippen molar-refractivity contribution in [3.05, 3.63) is 47.4 Å². The molecule has 0 bridgehead atoms. The first kappa shape index (κ1) is 12.0. The van der Waals surface area contributed by atoms with Gasteiger partial charge in [-0.05, 0) is 37.6 Å². The number of nitrogen functional groups attached to an aromatic ring is 1. The van der Waals surface area contributed by atoms with Gasteiger partial charge in [0, 0.05) is 23.8 Å². The summed E-state index contributed by atoms with van der Waals surface area (Å²) < 4.78 is 0. The summed E-state index contributed by atoms with van der Waals surface area (Å²) >= 11 is 0. The molecule has 0 radical (unpaired) electrons. The van der Waals surface area contributed by atoms with Crippen molar-refractivity contribution >= 4 is 17.4 Å². The first-order valence-electron chi connectivity index (χ1n) is 5.52. The predicted octanol–water partition coefficient (Wildman–Crippen LogP) is 1.93. The van der Waals surface area contributed by atoms with E-state index in [-0.39, 0.29) is 5.91 Å². The molecule has 0 saturated carbocycles. The number of nitrogens with one attached hydrogen (secondary N) is 1. The number of hydrogen-bond donors (Lipinski definition) is 2. The fourth-order valence-electron chi connectivity index (χ4n) is 1.68. The van der Waals surface area contributed by atoms with Crippen molar-refractivity contribution in [1.82, 2.24) is 9.97 Å². The van der Waals surface area contributed by atoms with Gasteiger partial charge in [-0.2, -0.15) is 0 Å². The van der Waals surface area contributed by atoms with Gasteiger partial charge in [-0.15, -0.1) is 0 Å². The quantitative estimate of drug-likeness (QED) is 0.843. The van der Waals surface area contributed by atoms with Crippen LogP contribution in [0.15, 0.2) is 30.6 Å². The highest BCUT2D eigenvalue weighted by molar-refractivity contribution is 6.07. The van der Waals surface area contributed by atoms with E-state index in [4.69, 9.17) is 5.73 Å². The fraction of sp³-hybridized carbons (Fsp3) is 0.154. The summed E-state index contributed by atoms with van der Waals surface area (Å²) in [5.41, 5.74) is 8.34. The van der Waals surface area contributed by atoms with Crippen LogP contribution in [0.3, 0.4) is 0 Å². The minimum Gasteiger partial charge on any atom is -0.398 e. The van der Waals surface area contributed by atoms with Crippen molar-refractivity contribution in [2.24, 2.45) is 0 Å². The lowest BCUT2D eigenvalue weighted by molar-refractivity contribution is 0.102. The second-order valence-corrected chi connectivity index (χ2v) is 4.09. The fourth-order valence-corrected chi connectivity index (χ4v) is 1.68. The molecule has 2 aromatic rings. The molecule has 5 heteroatoms. The van der Waals surface area contributed by atoms with Gasteiger partial charge in [-0.25, -0.2) is 4.98 Å². The average Bonchev–Trinajstić information content (AvgIpc) is 2.27. The summed E-state index contributed by atoms with van der Waals surface area (Å²) in [6.45, 7) is 3.82. The molecule has 3 N–H and O–H groups in total. The standard InChI is InChI=1S/C13H14N4O/c1-8-5-9(2)16-12(6-8)17-13(18)10-7-15-4-3-11(10)14/h3-7H,1-2H3,(H2,14,15)(H,16,17,18). The Balaban J connectivity index is 2.24. The molecule has 0 saturated heterocycles. The number of amides is 1. The first-order chi connectivity index (χ1) is 8.56. The summed E-state index contributed by atoms with van der Waals surface area (Å²) in [5, 5.41) is 2.71. The van der Waals surface area contributed by atoms with Gasteiger partial charge in [0.25, 0.3) is 5.91 Å². The largest absolute Gasteiger partial charge is 0.398 e. The highest BCUT2D eigenvalue weighted by atomic mass is 16.1. The number of anilines is 2. The number of nitrogens with two attached hydrogens (primary N) is 1. The van der Waals surface area contributed by atoms with Crippen LogP contribution in [0.4, 0.5) is 11.5 Å². The number of nitrogens with zero attached hydrogens (tertiary/aromatic N) is 2. The Labute approximate surface area is 105 Å². The third-order valence-corrected chi connectivity index (χ3v) is 2.44. The molecule has 0 atom stereocenters. The molecular formula is C13H14N4O. The van der Waals surface area contributed by atoms with Crippen molar-refractivity contribution in [3.8, 4) is 0 Å². The van der Waals surface area contributed by atoms with E-state index in [0.29, 0.717) is 17.1 Å². The van der Waals surface area contributed by atoms with E-state index in [9.17, 15) is 4.79 Å². The summed E-state index contributed by atoms with van der Waals surface area (Å²) in [6.07, 6.45) is 2.98. The second-order valence-electron chi connectivity index (χ2n) is 4.09. The van der Waals surface area contributed by atoms with Crippen LogP contribution in [0.25, 0.3) is 0 Å². The highest BCUT2D eigenvalue weighted by Gasteiger charge is 2.10. The van der Waals surface area contributed by atoms with Gasteiger partial charge in [-0.1, -0.05) is 0 Å². The Morgan fingerprint density at radius 2 is 2.11 bits per heavy atom. The van der Waals surface area contributed by atoms with Crippen molar-refractivity contribution in [2.75, 3.05) is 11.1 Å². The van der Waals surface area contributed by atoms with Crippen molar-refractivity contribution in [2.45, 2.75) is 13.8 Å². The van der Waals surface area contributed by atoms with Crippen LogP contribution < -0.4 is 11.1 Å². The maximum absolute atomic E-state index is 12.0. The van der Waals surface area contributed by atoms with E-state index in [1.54, 1.807) is 18.3 Å². The third-order valence-electron chi connectivity index (χ3n) is 2.44. The summed E-state index contributed by atoms with van der Waals surface area (Å²) in [7, 11) is 0. The van der Waals surface area contributed by atoms with Crippen LogP contribution in [0.1, 0.15) is 21.6 Å². The van der Waals surface area contributed by atoms with Gasteiger partial charge in [0.1, 0.15) is 5.82 Å². The lowest BCUT2D eigenvalue weighted by Gasteiger charge is -2.07. The molecule has 0 aliphatic carbocycles. The maximum atomic E-state index is 12.0. The van der Waals surface area contributed by atoms with Gasteiger partial charge in [0.15, 0.2) is 0 Å². The molecule has 0 fully saturated rings. The Bertz CT molecular complexity index is 575. The zero-order valence-corrected chi connectivity index (χ0v) is 10.3. The zero-order valence-electron chi connectivity index (χ0n) is 10.3. The van der Waals surface area contributed by atoms with Gasteiger partial charge in [-0.3, -0.25) is 9.78 Å². The van der Waals surface area contributed by atoms with Crippen LogP contribution in [0, 0.1) is 13.8 Å². The van der Waals surface area contributed by atoms with E-state index < -0.39 is 0 Å². The van der Waals surface area contributed by atoms with Crippen LogP contribution >= 0.6 is 0 Å². The SMILES string of the molecule is Cc1cc(C)nc(NC(=O)c2cnccc2N)c1. The van der Waals surface area contributed by atoms with Gasteiger partial charge >= 0.3 is 0 Å². The topological polar surface area (TPSA) is 80.9 Å². The molecule has 0 aliphatic heterocycles. The molecule has 0 aromatic carbocycles. The Hall–Kier alpha value is -2.43. The van der Waals surface area contributed by atoms with Crippen molar-refractivity contribution < 1.29 is 4.79 Å². The molecule has 92 valence electrons. The zero-order chi connectivity index (χ0) is 13.1. The van der Waals surface area contributed by atoms with E-state index >= 15 is 0 Å². The Kier molecular flexibility index (Phi) is 3.23. The van der Waals surface area contributed by atoms with E-state index in [2.05, 4.69) is 15.3 Å². The van der Waals surface area contributed by atoms with Crippen LogP contribution in [0.5, 0.6) is 0 Å². The van der Waals surface area contributed by atoms with Crippen molar-refractivity contribution in [1.29, 1.82) is 0 Å². The minimum absolute atomic E-state index is 0.307. The Morgan fingerprint density at radius 1 is 1.33 bits per heavy atom. The number of carbonyl (C=O) groups is 1. The monoisotopic (exact) mass is 242 g/mol. The molecule has 0 spiro atoms. The lowest BCUT2D eigenvalue weighted by atomic mass is 10.2. The third kappa shape index (κ3) is 2.63. The first-order valence-corrected chi connectivity index (χ1v) is 5.52. The van der Waals surface area contributed by atoms with Crippen LogP contribution in [0.2, 0.25) is 0 Å². The number of hydrogen-bond acceptors (Lipinski definition) is 4. The number of rotatable bonds is 2.